The van der Waals surface area contributed by atoms with E-state index in [4.69, 9.17) is 28.9 Å². The Morgan fingerprint density at radius 3 is 2.80 bits per heavy atom. The first kappa shape index (κ1) is 10.3. The number of alkyl halides is 1. The zero-order valence-corrected chi connectivity index (χ0v) is 9.01. The van der Waals surface area contributed by atoms with Crippen molar-refractivity contribution in [1.29, 1.82) is 0 Å². The van der Waals surface area contributed by atoms with Gasteiger partial charge in [0.05, 0.1) is 11.4 Å². The average Bonchev–Trinajstić information content (AvgIpc) is 2.19. The molecule has 0 saturated carbocycles. The number of carbonyl (C=O) groups is 1. The molecule has 0 spiro atoms. The Hall–Kier alpha value is -1.26. The van der Waals surface area contributed by atoms with Crippen LogP contribution in [0.3, 0.4) is 0 Å². The number of nitrogens with one attached hydrogen (secondary N) is 1. The molecule has 6 heteroatoms. The zero-order chi connectivity index (χ0) is 11.1. The van der Waals surface area contributed by atoms with E-state index < -0.39 is 10.9 Å². The second-order valence-electron chi connectivity index (χ2n) is 3.07. The van der Waals surface area contributed by atoms with E-state index in [-0.39, 0.29) is 5.17 Å². The summed E-state index contributed by atoms with van der Waals surface area (Å²) in [5, 5.41) is 2.68. The van der Waals surface area contributed by atoms with Crippen LogP contribution in [0.15, 0.2) is 29.3 Å². The van der Waals surface area contributed by atoms with E-state index in [0.717, 1.165) is 0 Å². The van der Waals surface area contributed by atoms with E-state index in [2.05, 4.69) is 10.3 Å². The van der Waals surface area contributed by atoms with Gasteiger partial charge in [0.1, 0.15) is 0 Å². The highest BCUT2D eigenvalue weighted by Crippen LogP contribution is 2.36. The number of hydrogen-bond donors (Lipinski definition) is 2. The normalized spacial score (nSPS) is 23.7. The van der Waals surface area contributed by atoms with Crippen LogP contribution >= 0.6 is 23.2 Å². The minimum absolute atomic E-state index is 0.0737. The fourth-order valence-corrected chi connectivity index (χ4v) is 1.64. The Morgan fingerprint density at radius 1 is 1.47 bits per heavy atom. The average molecular weight is 244 g/mol. The first-order chi connectivity index (χ1) is 7.04. The molecular formula is C9H7Cl2N3O. The molecule has 1 aromatic carbocycles. The number of nitrogens with zero attached hydrogens (tertiary/aromatic N) is 1. The molecule has 0 radical (unpaired) electrons. The Bertz CT molecular complexity index is 460. The number of primary amides is 1. The number of benzene rings is 1. The maximum Gasteiger partial charge on any atom is 0.266 e. The summed E-state index contributed by atoms with van der Waals surface area (Å²) in [5.74, 6) is -0.785. The van der Waals surface area contributed by atoms with Crippen molar-refractivity contribution in [2.75, 3.05) is 5.32 Å². The van der Waals surface area contributed by atoms with Crippen LogP contribution in [-0.4, -0.2) is 16.1 Å². The fourth-order valence-electron chi connectivity index (χ4n) is 1.26. The van der Waals surface area contributed by atoms with E-state index in [1.165, 1.54) is 0 Å². The Labute approximate surface area is 96.1 Å². The van der Waals surface area contributed by atoms with Crippen molar-refractivity contribution in [3.8, 4) is 0 Å². The minimum atomic E-state index is -1.64. The standard InChI is InChI=1S/C9H7Cl2N3O/c10-7-9(11,8(12)15)14-6-4-2-1-3-5(6)13-7/h1-4,14H,(H2,12,15). The van der Waals surface area contributed by atoms with Crippen molar-refractivity contribution in [3.05, 3.63) is 24.3 Å². The largest absolute Gasteiger partial charge is 0.366 e. The predicted octanol–water partition coefficient (Wildman–Crippen LogP) is 1.80. The van der Waals surface area contributed by atoms with Crippen molar-refractivity contribution < 1.29 is 4.79 Å². The molecule has 0 fully saturated rings. The molecule has 1 aliphatic heterocycles. The van der Waals surface area contributed by atoms with Crippen molar-refractivity contribution in [1.82, 2.24) is 0 Å². The van der Waals surface area contributed by atoms with Crippen molar-refractivity contribution in [2.24, 2.45) is 10.7 Å². The van der Waals surface area contributed by atoms with Gasteiger partial charge in [-0.2, -0.15) is 0 Å². The molecule has 0 aromatic heterocycles. The van der Waals surface area contributed by atoms with Gasteiger partial charge in [0.25, 0.3) is 5.91 Å². The van der Waals surface area contributed by atoms with Gasteiger partial charge in [-0.1, -0.05) is 35.3 Å². The first-order valence-corrected chi connectivity index (χ1v) is 4.90. The molecule has 1 amide bonds. The van der Waals surface area contributed by atoms with Gasteiger partial charge in [-0.3, -0.25) is 4.79 Å². The summed E-state index contributed by atoms with van der Waals surface area (Å²) in [4.78, 5) is 13.5. The van der Waals surface area contributed by atoms with E-state index in [9.17, 15) is 4.79 Å². The number of anilines is 1. The molecule has 1 aromatic rings. The molecule has 0 aliphatic carbocycles. The summed E-state index contributed by atoms with van der Waals surface area (Å²) >= 11 is 11.7. The number of carbonyl (C=O) groups excluding carboxylic acids is 1. The van der Waals surface area contributed by atoms with Crippen LogP contribution < -0.4 is 11.1 Å². The highest BCUT2D eigenvalue weighted by Gasteiger charge is 2.42. The molecule has 0 saturated heterocycles. The van der Waals surface area contributed by atoms with Gasteiger partial charge in [0.2, 0.25) is 5.00 Å². The maximum absolute atomic E-state index is 11.2. The first-order valence-electron chi connectivity index (χ1n) is 4.15. The minimum Gasteiger partial charge on any atom is -0.366 e. The highest BCUT2D eigenvalue weighted by molar-refractivity contribution is 6.76. The number of rotatable bonds is 1. The van der Waals surface area contributed by atoms with Crippen molar-refractivity contribution in [3.63, 3.8) is 0 Å². The van der Waals surface area contributed by atoms with Gasteiger partial charge in [-0.05, 0) is 12.1 Å². The van der Waals surface area contributed by atoms with Crippen LogP contribution in [0.25, 0.3) is 0 Å². The lowest BCUT2D eigenvalue weighted by Crippen LogP contribution is -2.51. The van der Waals surface area contributed by atoms with E-state index in [0.29, 0.717) is 11.4 Å². The summed E-state index contributed by atoms with van der Waals surface area (Å²) in [7, 11) is 0. The van der Waals surface area contributed by atoms with Crippen molar-refractivity contribution >= 4 is 45.7 Å². The molecule has 1 heterocycles. The number of para-hydroxylation sites is 2. The molecule has 0 bridgehead atoms. The molecule has 1 unspecified atom stereocenters. The van der Waals surface area contributed by atoms with Crippen LogP contribution in [-0.2, 0) is 4.79 Å². The number of fused-ring (bicyclic) bond motifs is 1. The smallest absolute Gasteiger partial charge is 0.266 e. The number of aliphatic imine (C=N–C) groups is 1. The lowest BCUT2D eigenvalue weighted by molar-refractivity contribution is -0.118. The van der Waals surface area contributed by atoms with Gasteiger partial charge in [-0.25, -0.2) is 4.99 Å². The van der Waals surface area contributed by atoms with E-state index >= 15 is 0 Å². The summed E-state index contributed by atoms with van der Waals surface area (Å²) in [6.07, 6.45) is 0. The van der Waals surface area contributed by atoms with Gasteiger partial charge < -0.3 is 11.1 Å². The van der Waals surface area contributed by atoms with Crippen LogP contribution in [0.1, 0.15) is 0 Å². The third-order valence-electron chi connectivity index (χ3n) is 2.05. The summed E-state index contributed by atoms with van der Waals surface area (Å²) < 4.78 is 0. The van der Waals surface area contributed by atoms with Crippen LogP contribution in [0.2, 0.25) is 0 Å². The second-order valence-corrected chi connectivity index (χ2v) is 3.99. The Balaban J connectivity index is 2.53. The maximum atomic E-state index is 11.2. The molecule has 1 aliphatic rings. The number of amides is 1. The molecule has 78 valence electrons. The molecule has 15 heavy (non-hydrogen) atoms. The van der Waals surface area contributed by atoms with Crippen LogP contribution in [0.4, 0.5) is 11.4 Å². The molecule has 1 atom stereocenters. The lowest BCUT2D eigenvalue weighted by Gasteiger charge is -2.28. The van der Waals surface area contributed by atoms with Gasteiger partial charge in [-0.15, -0.1) is 0 Å². The summed E-state index contributed by atoms with van der Waals surface area (Å²) in [6, 6.07) is 7.09. The third-order valence-corrected chi connectivity index (χ3v) is 2.98. The van der Waals surface area contributed by atoms with Crippen LogP contribution in [0, 0.1) is 0 Å². The quantitative estimate of drug-likeness (QED) is 0.584. The monoisotopic (exact) mass is 243 g/mol. The third kappa shape index (κ3) is 1.56. The van der Waals surface area contributed by atoms with E-state index in [1.807, 2.05) is 0 Å². The summed E-state index contributed by atoms with van der Waals surface area (Å²) in [6.45, 7) is 0. The predicted molar refractivity (Wildman–Crippen MR) is 60.8 cm³/mol. The molecular weight excluding hydrogens is 237 g/mol. The molecule has 3 N–H and O–H groups in total. The highest BCUT2D eigenvalue weighted by atomic mass is 35.5. The Kier molecular flexibility index (Phi) is 2.32. The summed E-state index contributed by atoms with van der Waals surface area (Å²) in [5.41, 5.74) is 6.40. The molecule has 4 nitrogen and oxygen atoms in total. The van der Waals surface area contributed by atoms with Gasteiger partial charge >= 0.3 is 0 Å². The molecule has 2 rings (SSSR count). The lowest BCUT2D eigenvalue weighted by atomic mass is 10.2. The Morgan fingerprint density at radius 2 is 2.13 bits per heavy atom. The van der Waals surface area contributed by atoms with Crippen LogP contribution in [0.5, 0.6) is 0 Å². The van der Waals surface area contributed by atoms with Gasteiger partial charge in [0.15, 0.2) is 5.17 Å². The second kappa shape index (κ2) is 3.40. The number of nitrogens with two attached hydrogens (primary N) is 1. The topological polar surface area (TPSA) is 67.5 Å². The number of hydrogen-bond acceptors (Lipinski definition) is 3. The van der Waals surface area contributed by atoms with E-state index in [1.54, 1.807) is 24.3 Å². The van der Waals surface area contributed by atoms with Crippen molar-refractivity contribution in [2.45, 2.75) is 5.00 Å². The number of halogens is 2. The fraction of sp³-hybridized carbons (Fsp3) is 0.111. The zero-order valence-electron chi connectivity index (χ0n) is 7.50. The van der Waals surface area contributed by atoms with Gasteiger partial charge in [0, 0.05) is 0 Å². The SMILES string of the molecule is NC(=O)C1(Cl)Nc2ccccc2N=C1Cl.